The van der Waals surface area contributed by atoms with Crippen LogP contribution in [-0.4, -0.2) is 35.8 Å². The van der Waals surface area contributed by atoms with Crippen molar-refractivity contribution in [1.29, 1.82) is 0 Å². The summed E-state index contributed by atoms with van der Waals surface area (Å²) in [6.45, 7) is 2.15. The zero-order chi connectivity index (χ0) is 16.9. The summed E-state index contributed by atoms with van der Waals surface area (Å²) in [6, 6.07) is 9.09. The van der Waals surface area contributed by atoms with Crippen LogP contribution in [0.3, 0.4) is 0 Å². The molecule has 1 aromatic carbocycles. The van der Waals surface area contributed by atoms with Crippen molar-refractivity contribution in [2.75, 3.05) is 24.6 Å². The highest BCUT2D eigenvalue weighted by Gasteiger charge is 2.22. The van der Waals surface area contributed by atoms with Crippen molar-refractivity contribution in [1.82, 2.24) is 4.98 Å². The van der Waals surface area contributed by atoms with Gasteiger partial charge in [0.1, 0.15) is 17.4 Å². The topological polar surface area (TPSA) is 62.7 Å². The highest BCUT2D eigenvalue weighted by Crippen LogP contribution is 2.23. The molecule has 1 saturated heterocycles. The minimum absolute atomic E-state index is 0.240. The number of rotatable bonds is 5. The van der Waals surface area contributed by atoms with Crippen LogP contribution in [0.2, 0.25) is 0 Å². The van der Waals surface area contributed by atoms with E-state index in [1.807, 2.05) is 0 Å². The van der Waals surface area contributed by atoms with Gasteiger partial charge in [-0.05, 0) is 49.2 Å². The summed E-state index contributed by atoms with van der Waals surface area (Å²) in [6.07, 6.45) is 3.56. The Morgan fingerprint density at radius 3 is 2.88 bits per heavy atom. The van der Waals surface area contributed by atoms with Crippen LogP contribution in [0.4, 0.5) is 10.2 Å². The number of hydrogen-bond donors (Lipinski definition) is 1. The molecule has 1 aliphatic heterocycles. The maximum absolute atomic E-state index is 12.9. The third-order valence-electron chi connectivity index (χ3n) is 4.13. The van der Waals surface area contributed by atoms with Crippen LogP contribution in [0.25, 0.3) is 0 Å². The molecular weight excluding hydrogens is 311 g/mol. The van der Waals surface area contributed by atoms with Gasteiger partial charge in [0.15, 0.2) is 0 Å². The van der Waals surface area contributed by atoms with Crippen molar-refractivity contribution in [3.63, 3.8) is 0 Å². The van der Waals surface area contributed by atoms with Crippen molar-refractivity contribution in [3.05, 3.63) is 54.0 Å². The molecule has 0 aliphatic carbocycles. The van der Waals surface area contributed by atoms with Crippen LogP contribution in [0.1, 0.15) is 23.2 Å². The molecule has 0 unspecified atom stereocenters. The number of aromatic carboxylic acids is 1. The Balaban J connectivity index is 1.60. The lowest BCUT2D eigenvalue weighted by atomic mass is 9.99. The summed E-state index contributed by atoms with van der Waals surface area (Å²) in [4.78, 5) is 17.5. The molecule has 1 aliphatic rings. The Morgan fingerprint density at radius 2 is 2.12 bits per heavy atom. The fourth-order valence-corrected chi connectivity index (χ4v) is 2.88. The van der Waals surface area contributed by atoms with Gasteiger partial charge in [0.25, 0.3) is 0 Å². The molecule has 126 valence electrons. The lowest BCUT2D eigenvalue weighted by Gasteiger charge is -2.33. The number of piperidine rings is 1. The first-order valence-corrected chi connectivity index (χ1v) is 7.94. The van der Waals surface area contributed by atoms with E-state index in [4.69, 9.17) is 9.84 Å². The molecule has 5 nitrogen and oxygen atoms in total. The Kier molecular flexibility index (Phi) is 4.93. The molecule has 2 heterocycles. The number of halogens is 1. The molecule has 0 bridgehead atoms. The molecular formula is C18H19FN2O3. The first-order chi connectivity index (χ1) is 11.6. The highest BCUT2D eigenvalue weighted by molar-refractivity contribution is 5.88. The van der Waals surface area contributed by atoms with E-state index in [0.29, 0.717) is 24.1 Å². The minimum atomic E-state index is -0.952. The van der Waals surface area contributed by atoms with Crippen molar-refractivity contribution in [2.24, 2.45) is 5.92 Å². The smallest absolute Gasteiger partial charge is 0.335 e. The summed E-state index contributed by atoms with van der Waals surface area (Å²) >= 11 is 0. The van der Waals surface area contributed by atoms with Gasteiger partial charge in [-0.2, -0.15) is 0 Å². The van der Waals surface area contributed by atoms with Gasteiger partial charge >= 0.3 is 5.97 Å². The normalized spacial score (nSPS) is 17.5. The van der Waals surface area contributed by atoms with Crippen molar-refractivity contribution in [2.45, 2.75) is 12.8 Å². The van der Waals surface area contributed by atoms with Crippen LogP contribution in [0, 0.1) is 11.7 Å². The third-order valence-corrected chi connectivity index (χ3v) is 4.13. The molecule has 1 atom stereocenters. The molecule has 3 rings (SSSR count). The Hall–Kier alpha value is -2.63. The number of nitrogens with zero attached hydrogens (tertiary/aromatic N) is 2. The summed E-state index contributed by atoms with van der Waals surface area (Å²) in [7, 11) is 0. The molecule has 1 aromatic heterocycles. The van der Waals surface area contributed by atoms with Gasteiger partial charge in [0.2, 0.25) is 0 Å². The number of carboxylic acids is 1. The molecule has 24 heavy (non-hydrogen) atoms. The predicted octanol–water partition coefficient (Wildman–Crippen LogP) is 3.21. The molecule has 2 aromatic rings. The fraction of sp³-hybridized carbons (Fsp3) is 0.333. The fourth-order valence-electron chi connectivity index (χ4n) is 2.88. The Labute approximate surface area is 139 Å². The standard InChI is InChI=1S/C18H19FN2O3/c19-15-3-5-16(6-4-15)24-12-13-2-1-9-21(11-13)17-10-14(18(22)23)7-8-20-17/h3-8,10,13H,1-2,9,11-12H2,(H,22,23)/t13-/m1/s1. The van der Waals surface area contributed by atoms with E-state index >= 15 is 0 Å². The van der Waals surface area contributed by atoms with Crippen molar-refractivity contribution >= 4 is 11.8 Å². The number of pyridine rings is 1. The molecule has 0 saturated carbocycles. The van der Waals surface area contributed by atoms with E-state index < -0.39 is 5.97 Å². The van der Waals surface area contributed by atoms with Crippen LogP contribution in [0.15, 0.2) is 42.6 Å². The van der Waals surface area contributed by atoms with Gasteiger partial charge < -0.3 is 14.7 Å². The van der Waals surface area contributed by atoms with Gasteiger partial charge in [-0.3, -0.25) is 0 Å². The van der Waals surface area contributed by atoms with E-state index in [9.17, 15) is 9.18 Å². The molecule has 0 spiro atoms. The van der Waals surface area contributed by atoms with E-state index in [1.54, 1.807) is 18.2 Å². The van der Waals surface area contributed by atoms with Crippen LogP contribution >= 0.6 is 0 Å². The minimum Gasteiger partial charge on any atom is -0.493 e. The number of benzene rings is 1. The van der Waals surface area contributed by atoms with Crippen LogP contribution in [0.5, 0.6) is 5.75 Å². The second-order valence-electron chi connectivity index (χ2n) is 5.93. The number of carbonyl (C=O) groups is 1. The predicted molar refractivity (Wildman–Crippen MR) is 88.0 cm³/mol. The lowest BCUT2D eigenvalue weighted by Crippen LogP contribution is -2.38. The molecule has 1 fully saturated rings. The van der Waals surface area contributed by atoms with Gasteiger partial charge in [0.05, 0.1) is 12.2 Å². The van der Waals surface area contributed by atoms with E-state index in [1.165, 1.54) is 24.4 Å². The SMILES string of the molecule is O=C(O)c1ccnc(N2CCC[C@@H](COc3ccc(F)cc3)C2)c1. The third kappa shape index (κ3) is 4.01. The van der Waals surface area contributed by atoms with Gasteiger partial charge in [-0.1, -0.05) is 0 Å². The second-order valence-corrected chi connectivity index (χ2v) is 5.93. The van der Waals surface area contributed by atoms with Crippen LogP contribution < -0.4 is 9.64 Å². The number of aromatic nitrogens is 1. The average molecular weight is 330 g/mol. The lowest BCUT2D eigenvalue weighted by molar-refractivity contribution is 0.0696. The highest BCUT2D eigenvalue weighted by atomic mass is 19.1. The zero-order valence-corrected chi connectivity index (χ0v) is 13.2. The maximum atomic E-state index is 12.9. The number of hydrogen-bond acceptors (Lipinski definition) is 4. The molecule has 0 radical (unpaired) electrons. The largest absolute Gasteiger partial charge is 0.493 e. The van der Waals surface area contributed by atoms with Crippen LogP contribution in [-0.2, 0) is 0 Å². The van der Waals surface area contributed by atoms with E-state index in [2.05, 4.69) is 9.88 Å². The van der Waals surface area contributed by atoms with Crippen molar-refractivity contribution < 1.29 is 19.0 Å². The summed E-state index contributed by atoms with van der Waals surface area (Å²) in [5.74, 6) is 0.419. The van der Waals surface area contributed by atoms with E-state index in [-0.39, 0.29) is 11.4 Å². The number of carboxylic acid groups (broad SMARTS) is 1. The first kappa shape index (κ1) is 16.2. The Bertz CT molecular complexity index is 706. The van der Waals surface area contributed by atoms with Gasteiger partial charge in [-0.15, -0.1) is 0 Å². The molecule has 6 heteroatoms. The van der Waals surface area contributed by atoms with Crippen molar-refractivity contribution in [3.8, 4) is 5.75 Å². The second kappa shape index (κ2) is 7.29. The zero-order valence-electron chi connectivity index (χ0n) is 13.2. The summed E-state index contributed by atoms with van der Waals surface area (Å²) < 4.78 is 18.6. The number of ether oxygens (including phenoxy) is 1. The average Bonchev–Trinajstić information content (AvgIpc) is 2.61. The summed E-state index contributed by atoms with van der Waals surface area (Å²) in [5.41, 5.74) is 0.240. The van der Waals surface area contributed by atoms with Gasteiger partial charge in [-0.25, -0.2) is 14.2 Å². The molecule has 1 N–H and O–H groups in total. The maximum Gasteiger partial charge on any atom is 0.335 e. The first-order valence-electron chi connectivity index (χ1n) is 7.94. The van der Waals surface area contributed by atoms with Gasteiger partial charge in [0, 0.05) is 25.2 Å². The summed E-state index contributed by atoms with van der Waals surface area (Å²) in [5, 5.41) is 9.10. The Morgan fingerprint density at radius 1 is 1.33 bits per heavy atom. The monoisotopic (exact) mass is 330 g/mol. The quantitative estimate of drug-likeness (QED) is 0.912. The van der Waals surface area contributed by atoms with E-state index in [0.717, 1.165) is 25.9 Å². The molecule has 0 amide bonds. The number of anilines is 1.